The average molecular weight is 340 g/mol. The quantitative estimate of drug-likeness (QED) is 0.429. The van der Waals surface area contributed by atoms with Gasteiger partial charge in [-0.2, -0.15) is 5.10 Å². The highest BCUT2D eigenvalue weighted by molar-refractivity contribution is 6.30. The molecule has 0 aliphatic carbocycles. The van der Waals surface area contributed by atoms with E-state index in [0.29, 0.717) is 27.8 Å². The molecular weight excluding hydrogens is 326 g/mol. The molecule has 0 saturated carbocycles. The first-order valence-electron chi connectivity index (χ1n) is 7.17. The Morgan fingerprint density at radius 3 is 2.58 bits per heavy atom. The SMILES string of the molecule is Nc1ccccc1C(=O)N/N=C\c1ccc(-c2ccc(Cl)cc2)o1. The molecule has 3 aromatic rings. The van der Waals surface area contributed by atoms with E-state index in [2.05, 4.69) is 10.5 Å². The molecule has 0 unspecified atom stereocenters. The topological polar surface area (TPSA) is 80.6 Å². The van der Waals surface area contributed by atoms with Gasteiger partial charge in [-0.25, -0.2) is 5.43 Å². The molecule has 0 saturated heterocycles. The van der Waals surface area contributed by atoms with Crippen LogP contribution in [0.25, 0.3) is 11.3 Å². The maximum atomic E-state index is 12.0. The number of hydrogen-bond acceptors (Lipinski definition) is 4. The van der Waals surface area contributed by atoms with Crippen LogP contribution in [0.3, 0.4) is 0 Å². The Labute approximate surface area is 143 Å². The van der Waals surface area contributed by atoms with E-state index in [4.69, 9.17) is 21.8 Å². The fourth-order valence-electron chi connectivity index (χ4n) is 2.11. The Hall–Kier alpha value is -3.05. The number of halogens is 1. The van der Waals surface area contributed by atoms with E-state index in [0.717, 1.165) is 5.56 Å². The van der Waals surface area contributed by atoms with E-state index < -0.39 is 0 Å². The second-order valence-corrected chi connectivity index (χ2v) is 5.43. The third-order valence-electron chi connectivity index (χ3n) is 3.32. The molecule has 0 fully saturated rings. The zero-order chi connectivity index (χ0) is 16.9. The number of para-hydroxylation sites is 1. The average Bonchev–Trinajstić information content (AvgIpc) is 3.04. The number of carbonyl (C=O) groups excluding carboxylic acids is 1. The third kappa shape index (κ3) is 3.64. The van der Waals surface area contributed by atoms with Crippen LogP contribution in [0.2, 0.25) is 5.02 Å². The molecule has 1 heterocycles. The Morgan fingerprint density at radius 1 is 1.08 bits per heavy atom. The molecule has 0 atom stereocenters. The molecule has 3 rings (SSSR count). The number of benzene rings is 2. The summed E-state index contributed by atoms with van der Waals surface area (Å²) in [5.74, 6) is 0.821. The van der Waals surface area contributed by atoms with Crippen molar-refractivity contribution in [3.05, 3.63) is 77.0 Å². The lowest BCUT2D eigenvalue weighted by Crippen LogP contribution is -2.18. The summed E-state index contributed by atoms with van der Waals surface area (Å²) in [6.45, 7) is 0. The summed E-state index contributed by atoms with van der Waals surface area (Å²) in [4.78, 5) is 12.0. The van der Waals surface area contributed by atoms with Crippen LogP contribution < -0.4 is 11.2 Å². The fourth-order valence-corrected chi connectivity index (χ4v) is 2.24. The highest BCUT2D eigenvalue weighted by atomic mass is 35.5. The van der Waals surface area contributed by atoms with Gasteiger partial charge < -0.3 is 10.2 Å². The second kappa shape index (κ2) is 7.02. The molecule has 0 bridgehead atoms. The van der Waals surface area contributed by atoms with Gasteiger partial charge in [-0.3, -0.25) is 4.79 Å². The predicted molar refractivity (Wildman–Crippen MR) is 95.1 cm³/mol. The van der Waals surface area contributed by atoms with Gasteiger partial charge in [-0.15, -0.1) is 0 Å². The molecular formula is C18H14ClN3O2. The number of anilines is 1. The van der Waals surface area contributed by atoms with Crippen molar-refractivity contribution >= 4 is 29.4 Å². The smallest absolute Gasteiger partial charge is 0.273 e. The van der Waals surface area contributed by atoms with Crippen LogP contribution in [0.5, 0.6) is 0 Å². The number of nitrogens with one attached hydrogen (secondary N) is 1. The summed E-state index contributed by atoms with van der Waals surface area (Å²) >= 11 is 5.86. The summed E-state index contributed by atoms with van der Waals surface area (Å²) in [5, 5.41) is 4.55. The maximum absolute atomic E-state index is 12.0. The monoisotopic (exact) mass is 339 g/mol. The first-order valence-corrected chi connectivity index (χ1v) is 7.55. The number of amides is 1. The summed E-state index contributed by atoms with van der Waals surface area (Å²) in [7, 11) is 0. The summed E-state index contributed by atoms with van der Waals surface area (Å²) in [6, 6.07) is 17.7. The molecule has 1 aromatic heterocycles. The number of hydrogen-bond donors (Lipinski definition) is 2. The lowest BCUT2D eigenvalue weighted by Gasteiger charge is -2.02. The Kier molecular flexibility index (Phi) is 4.63. The third-order valence-corrected chi connectivity index (χ3v) is 3.57. The van der Waals surface area contributed by atoms with Gasteiger partial charge in [0.15, 0.2) is 0 Å². The van der Waals surface area contributed by atoms with Crippen LogP contribution in [0.15, 0.2) is 70.2 Å². The number of carbonyl (C=O) groups is 1. The number of rotatable bonds is 4. The molecule has 6 heteroatoms. The minimum Gasteiger partial charge on any atom is -0.455 e. The van der Waals surface area contributed by atoms with Gasteiger partial charge in [0.25, 0.3) is 5.91 Å². The van der Waals surface area contributed by atoms with E-state index in [1.807, 2.05) is 18.2 Å². The molecule has 3 N–H and O–H groups in total. The molecule has 0 radical (unpaired) electrons. The molecule has 24 heavy (non-hydrogen) atoms. The molecule has 0 aliphatic rings. The number of nitrogens with two attached hydrogens (primary N) is 1. The second-order valence-electron chi connectivity index (χ2n) is 5.00. The number of nitrogen functional groups attached to an aromatic ring is 1. The van der Waals surface area contributed by atoms with E-state index in [9.17, 15) is 4.79 Å². The number of hydrazone groups is 1. The van der Waals surface area contributed by atoms with Gasteiger partial charge in [-0.1, -0.05) is 23.7 Å². The molecule has 5 nitrogen and oxygen atoms in total. The van der Waals surface area contributed by atoms with Gasteiger partial charge in [0.1, 0.15) is 11.5 Å². The molecule has 1 amide bonds. The molecule has 0 aliphatic heterocycles. The minimum atomic E-state index is -0.381. The Balaban J connectivity index is 1.66. The minimum absolute atomic E-state index is 0.371. The van der Waals surface area contributed by atoms with E-state index in [1.54, 1.807) is 42.5 Å². The van der Waals surface area contributed by atoms with Crippen molar-refractivity contribution in [3.63, 3.8) is 0 Å². The lowest BCUT2D eigenvalue weighted by molar-refractivity contribution is 0.0956. The van der Waals surface area contributed by atoms with Crippen LogP contribution in [0.4, 0.5) is 5.69 Å². The van der Waals surface area contributed by atoms with Crippen molar-refractivity contribution in [1.82, 2.24) is 5.43 Å². The highest BCUT2D eigenvalue weighted by Crippen LogP contribution is 2.23. The summed E-state index contributed by atoms with van der Waals surface area (Å²) < 4.78 is 5.65. The summed E-state index contributed by atoms with van der Waals surface area (Å²) in [6.07, 6.45) is 1.43. The van der Waals surface area contributed by atoms with Gasteiger partial charge in [-0.05, 0) is 48.5 Å². The number of nitrogens with zero attached hydrogens (tertiary/aromatic N) is 1. The van der Waals surface area contributed by atoms with Crippen LogP contribution in [-0.4, -0.2) is 12.1 Å². The zero-order valence-corrected chi connectivity index (χ0v) is 13.3. The van der Waals surface area contributed by atoms with Crippen molar-refractivity contribution < 1.29 is 9.21 Å². The summed E-state index contributed by atoms with van der Waals surface area (Å²) in [5.41, 5.74) is 9.83. The first-order chi connectivity index (χ1) is 11.6. The standard InChI is InChI=1S/C18H14ClN3O2/c19-13-7-5-12(6-8-13)17-10-9-14(24-17)11-21-22-18(23)15-3-1-2-4-16(15)20/h1-11H,20H2,(H,22,23)/b21-11-. The van der Waals surface area contributed by atoms with Crippen molar-refractivity contribution in [1.29, 1.82) is 0 Å². The molecule has 0 spiro atoms. The van der Waals surface area contributed by atoms with Crippen LogP contribution in [0.1, 0.15) is 16.1 Å². The number of furan rings is 1. The van der Waals surface area contributed by atoms with E-state index >= 15 is 0 Å². The van der Waals surface area contributed by atoms with E-state index in [-0.39, 0.29) is 5.91 Å². The molecule has 2 aromatic carbocycles. The van der Waals surface area contributed by atoms with Crippen molar-refractivity contribution in [2.24, 2.45) is 5.10 Å². The largest absolute Gasteiger partial charge is 0.455 e. The van der Waals surface area contributed by atoms with Crippen LogP contribution in [-0.2, 0) is 0 Å². The van der Waals surface area contributed by atoms with Crippen LogP contribution in [0, 0.1) is 0 Å². The lowest BCUT2D eigenvalue weighted by atomic mass is 10.2. The van der Waals surface area contributed by atoms with Gasteiger partial charge >= 0.3 is 0 Å². The predicted octanol–water partition coefficient (Wildman–Crippen LogP) is 3.95. The zero-order valence-electron chi connectivity index (χ0n) is 12.6. The fraction of sp³-hybridized carbons (Fsp3) is 0. The Bertz CT molecular complexity index is 885. The van der Waals surface area contributed by atoms with E-state index in [1.165, 1.54) is 6.21 Å². The van der Waals surface area contributed by atoms with Gasteiger partial charge in [0.2, 0.25) is 0 Å². The van der Waals surface area contributed by atoms with Crippen molar-refractivity contribution in [2.75, 3.05) is 5.73 Å². The molecule has 120 valence electrons. The Morgan fingerprint density at radius 2 is 1.83 bits per heavy atom. The van der Waals surface area contributed by atoms with Crippen molar-refractivity contribution in [2.45, 2.75) is 0 Å². The first kappa shape index (κ1) is 15.8. The highest BCUT2D eigenvalue weighted by Gasteiger charge is 2.07. The van der Waals surface area contributed by atoms with Gasteiger partial charge in [0.05, 0.1) is 11.8 Å². The normalized spacial score (nSPS) is 10.9. The van der Waals surface area contributed by atoms with Crippen LogP contribution >= 0.6 is 11.6 Å². The maximum Gasteiger partial charge on any atom is 0.273 e. The van der Waals surface area contributed by atoms with Gasteiger partial charge in [0, 0.05) is 16.3 Å². The van der Waals surface area contributed by atoms with Crippen molar-refractivity contribution in [3.8, 4) is 11.3 Å².